The van der Waals surface area contributed by atoms with E-state index < -0.39 is 5.60 Å². The third-order valence-corrected chi connectivity index (χ3v) is 5.87. The Balaban J connectivity index is 1.51. The van der Waals surface area contributed by atoms with Crippen LogP contribution >= 0.6 is 0 Å². The molecule has 1 atom stereocenters. The van der Waals surface area contributed by atoms with Gasteiger partial charge >= 0.3 is 0 Å². The molecule has 0 aromatic heterocycles. The average molecular weight is 373 g/mol. The van der Waals surface area contributed by atoms with Crippen LogP contribution in [0.1, 0.15) is 64.9 Å². The van der Waals surface area contributed by atoms with Crippen LogP contribution in [0.25, 0.3) is 0 Å². The molecule has 1 heterocycles. The molecular formula is C22H32N2O3. The number of carbonyl (C=O) groups is 2. The zero-order valence-electron chi connectivity index (χ0n) is 16.8. The Morgan fingerprint density at radius 3 is 2.59 bits per heavy atom. The van der Waals surface area contributed by atoms with E-state index in [2.05, 4.69) is 26.1 Å². The van der Waals surface area contributed by atoms with Gasteiger partial charge in [-0.2, -0.15) is 0 Å². The number of likely N-dealkylation sites (tertiary alicyclic amines) is 1. The summed E-state index contributed by atoms with van der Waals surface area (Å²) in [4.78, 5) is 26.8. The maximum Gasteiger partial charge on any atom is 0.224 e. The molecular weight excluding hydrogens is 340 g/mol. The van der Waals surface area contributed by atoms with Gasteiger partial charge in [-0.25, -0.2) is 0 Å². The zero-order chi connectivity index (χ0) is 19.7. The van der Waals surface area contributed by atoms with E-state index in [1.807, 2.05) is 29.2 Å². The summed E-state index contributed by atoms with van der Waals surface area (Å²) in [5.74, 6) is 0.0836. The van der Waals surface area contributed by atoms with Gasteiger partial charge in [0.2, 0.25) is 11.8 Å². The highest BCUT2D eigenvalue weighted by atomic mass is 16.3. The van der Waals surface area contributed by atoms with Gasteiger partial charge in [0.1, 0.15) is 0 Å². The first kappa shape index (κ1) is 19.9. The van der Waals surface area contributed by atoms with E-state index in [1.165, 1.54) is 0 Å². The molecule has 5 nitrogen and oxygen atoms in total. The molecule has 1 saturated carbocycles. The SMILES string of the molecule is CC(C)(C)c1ccccc1NC(=O)CCC(=O)N1CCCC(C2(O)CC2)C1. The number of nitrogens with zero attached hydrogens (tertiary/aromatic N) is 1. The molecule has 0 spiro atoms. The van der Waals surface area contributed by atoms with Crippen LogP contribution in [0.4, 0.5) is 5.69 Å². The molecule has 2 N–H and O–H groups in total. The van der Waals surface area contributed by atoms with E-state index in [1.54, 1.807) is 0 Å². The van der Waals surface area contributed by atoms with E-state index in [0.29, 0.717) is 6.54 Å². The molecule has 3 rings (SSSR count). The van der Waals surface area contributed by atoms with Crippen molar-refractivity contribution in [2.45, 2.75) is 70.3 Å². The van der Waals surface area contributed by atoms with Crippen molar-refractivity contribution in [3.8, 4) is 0 Å². The Bertz CT molecular complexity index is 704. The summed E-state index contributed by atoms with van der Waals surface area (Å²) in [7, 11) is 0. The van der Waals surface area contributed by atoms with Crippen molar-refractivity contribution in [2.75, 3.05) is 18.4 Å². The van der Waals surface area contributed by atoms with Crippen molar-refractivity contribution in [2.24, 2.45) is 5.92 Å². The molecule has 0 bridgehead atoms. The predicted molar refractivity (Wildman–Crippen MR) is 106 cm³/mol. The molecule has 1 aliphatic carbocycles. The lowest BCUT2D eigenvalue weighted by molar-refractivity contribution is -0.135. The third-order valence-electron chi connectivity index (χ3n) is 5.87. The molecule has 2 fully saturated rings. The minimum absolute atomic E-state index is 0.0169. The predicted octanol–water partition coefficient (Wildman–Crippen LogP) is 3.47. The molecule has 1 aliphatic heterocycles. The first-order valence-electron chi connectivity index (χ1n) is 10.1. The smallest absolute Gasteiger partial charge is 0.224 e. The van der Waals surface area contributed by atoms with Gasteiger partial charge in [0.05, 0.1) is 5.60 Å². The van der Waals surface area contributed by atoms with Gasteiger partial charge in [-0.05, 0) is 42.7 Å². The third kappa shape index (κ3) is 4.89. The van der Waals surface area contributed by atoms with Crippen LogP contribution in [0, 0.1) is 5.92 Å². The van der Waals surface area contributed by atoms with Gasteiger partial charge in [0.15, 0.2) is 0 Å². The van der Waals surface area contributed by atoms with Crippen LogP contribution < -0.4 is 5.32 Å². The van der Waals surface area contributed by atoms with Crippen LogP contribution in [0.2, 0.25) is 0 Å². The number of nitrogens with one attached hydrogen (secondary N) is 1. The molecule has 1 unspecified atom stereocenters. The molecule has 1 aromatic carbocycles. The van der Waals surface area contributed by atoms with Crippen molar-refractivity contribution in [3.63, 3.8) is 0 Å². The number of aliphatic hydroxyl groups is 1. The van der Waals surface area contributed by atoms with Crippen LogP contribution in [0.5, 0.6) is 0 Å². The topological polar surface area (TPSA) is 69.6 Å². The zero-order valence-corrected chi connectivity index (χ0v) is 16.8. The Morgan fingerprint density at radius 1 is 1.22 bits per heavy atom. The first-order chi connectivity index (χ1) is 12.7. The monoisotopic (exact) mass is 372 g/mol. The fourth-order valence-electron chi connectivity index (χ4n) is 4.02. The van der Waals surface area contributed by atoms with E-state index in [0.717, 1.165) is 43.5 Å². The molecule has 148 valence electrons. The number of para-hydroxylation sites is 1. The fourth-order valence-corrected chi connectivity index (χ4v) is 4.02. The normalized spacial score (nSPS) is 21.6. The standard InChI is InChI=1S/C22H32N2O3/c1-21(2,3)17-8-4-5-9-18(17)23-19(25)10-11-20(26)24-14-6-7-16(15-24)22(27)12-13-22/h4-5,8-9,16,27H,6-7,10-15H2,1-3H3,(H,23,25). The molecule has 1 saturated heterocycles. The number of anilines is 1. The maximum atomic E-state index is 12.5. The van der Waals surface area contributed by atoms with Crippen molar-refractivity contribution in [1.82, 2.24) is 4.90 Å². The number of hydrogen-bond acceptors (Lipinski definition) is 3. The summed E-state index contributed by atoms with van der Waals surface area (Å²) < 4.78 is 0. The molecule has 0 radical (unpaired) electrons. The number of benzene rings is 1. The summed E-state index contributed by atoms with van der Waals surface area (Å²) in [6.45, 7) is 7.70. The minimum Gasteiger partial charge on any atom is -0.390 e. The summed E-state index contributed by atoms with van der Waals surface area (Å²) in [5, 5.41) is 13.3. The van der Waals surface area contributed by atoms with Crippen molar-refractivity contribution in [1.29, 1.82) is 0 Å². The minimum atomic E-state index is -0.535. The van der Waals surface area contributed by atoms with Crippen LogP contribution in [0.3, 0.4) is 0 Å². The number of carbonyl (C=O) groups excluding carboxylic acids is 2. The number of rotatable bonds is 5. The van der Waals surface area contributed by atoms with Gasteiger partial charge < -0.3 is 15.3 Å². The van der Waals surface area contributed by atoms with Crippen LogP contribution in [-0.2, 0) is 15.0 Å². The maximum absolute atomic E-state index is 12.5. The van der Waals surface area contributed by atoms with Crippen LogP contribution in [-0.4, -0.2) is 40.5 Å². The lowest BCUT2D eigenvalue weighted by Crippen LogP contribution is -2.44. The van der Waals surface area contributed by atoms with Gasteiger partial charge in [-0.15, -0.1) is 0 Å². The lowest BCUT2D eigenvalue weighted by Gasteiger charge is -2.35. The Kier molecular flexibility index (Phi) is 5.61. The summed E-state index contributed by atoms with van der Waals surface area (Å²) in [6.07, 6.45) is 4.04. The Labute approximate surface area is 162 Å². The van der Waals surface area contributed by atoms with Crippen LogP contribution in [0.15, 0.2) is 24.3 Å². The van der Waals surface area contributed by atoms with E-state index in [9.17, 15) is 14.7 Å². The number of piperidine rings is 1. The summed E-state index contributed by atoms with van der Waals surface area (Å²) in [6, 6.07) is 7.82. The van der Waals surface area contributed by atoms with E-state index in [-0.39, 0.29) is 36.0 Å². The Hall–Kier alpha value is -1.88. The Morgan fingerprint density at radius 2 is 1.93 bits per heavy atom. The highest BCUT2D eigenvalue weighted by Gasteiger charge is 2.48. The quantitative estimate of drug-likeness (QED) is 0.831. The number of hydrogen-bond donors (Lipinski definition) is 2. The second kappa shape index (κ2) is 7.63. The fraction of sp³-hybridized carbons (Fsp3) is 0.636. The first-order valence-corrected chi connectivity index (χ1v) is 10.1. The van der Waals surface area contributed by atoms with Crippen molar-refractivity contribution >= 4 is 17.5 Å². The highest BCUT2D eigenvalue weighted by molar-refractivity contribution is 5.94. The molecule has 27 heavy (non-hydrogen) atoms. The summed E-state index contributed by atoms with van der Waals surface area (Å²) in [5.41, 5.74) is 1.30. The summed E-state index contributed by atoms with van der Waals surface area (Å²) >= 11 is 0. The average Bonchev–Trinajstić information content (AvgIpc) is 3.38. The molecule has 5 heteroatoms. The molecule has 1 aromatic rings. The second-order valence-electron chi connectivity index (χ2n) is 9.13. The number of amides is 2. The lowest BCUT2D eigenvalue weighted by atomic mass is 9.86. The molecule has 2 amide bonds. The van der Waals surface area contributed by atoms with Gasteiger partial charge in [-0.3, -0.25) is 9.59 Å². The van der Waals surface area contributed by atoms with E-state index >= 15 is 0 Å². The largest absolute Gasteiger partial charge is 0.390 e. The van der Waals surface area contributed by atoms with Gasteiger partial charge in [0.25, 0.3) is 0 Å². The van der Waals surface area contributed by atoms with Crippen molar-refractivity contribution in [3.05, 3.63) is 29.8 Å². The van der Waals surface area contributed by atoms with Gasteiger partial charge in [0, 0.05) is 37.5 Å². The van der Waals surface area contributed by atoms with Crippen molar-refractivity contribution < 1.29 is 14.7 Å². The van der Waals surface area contributed by atoms with E-state index in [4.69, 9.17) is 0 Å². The molecule has 2 aliphatic rings. The van der Waals surface area contributed by atoms with Gasteiger partial charge in [-0.1, -0.05) is 39.0 Å². The highest BCUT2D eigenvalue weighted by Crippen LogP contribution is 2.45. The second-order valence-corrected chi connectivity index (χ2v) is 9.13.